The van der Waals surface area contributed by atoms with Gasteiger partial charge in [-0.2, -0.15) is 0 Å². The SMILES string of the molecule is COc1cccc2c1N(S(=O)(=O)C(C)C)CCC2. The van der Waals surface area contributed by atoms with E-state index in [0.717, 1.165) is 24.1 Å². The van der Waals surface area contributed by atoms with E-state index in [2.05, 4.69) is 0 Å². The molecular weight excluding hydrogens is 250 g/mol. The van der Waals surface area contributed by atoms with E-state index >= 15 is 0 Å². The zero-order valence-electron chi connectivity index (χ0n) is 11.0. The lowest BCUT2D eigenvalue weighted by molar-refractivity contribution is 0.414. The highest BCUT2D eigenvalue weighted by atomic mass is 32.2. The van der Waals surface area contributed by atoms with Crippen LogP contribution in [0.25, 0.3) is 0 Å². The van der Waals surface area contributed by atoms with Gasteiger partial charge in [0.25, 0.3) is 0 Å². The fraction of sp³-hybridized carbons (Fsp3) is 0.538. The summed E-state index contributed by atoms with van der Waals surface area (Å²) >= 11 is 0. The lowest BCUT2D eigenvalue weighted by Crippen LogP contribution is -2.40. The molecule has 0 aromatic heterocycles. The molecule has 0 saturated carbocycles. The Kier molecular flexibility index (Phi) is 3.52. The van der Waals surface area contributed by atoms with Gasteiger partial charge in [0.2, 0.25) is 10.0 Å². The van der Waals surface area contributed by atoms with Crippen LogP contribution in [0.3, 0.4) is 0 Å². The summed E-state index contributed by atoms with van der Waals surface area (Å²) in [6.07, 6.45) is 1.75. The van der Waals surface area contributed by atoms with Gasteiger partial charge in [0.15, 0.2) is 0 Å². The Balaban J connectivity index is 2.57. The van der Waals surface area contributed by atoms with Crippen LogP contribution in [0.2, 0.25) is 0 Å². The van der Waals surface area contributed by atoms with Crippen molar-refractivity contribution in [3.8, 4) is 5.75 Å². The number of aryl methyl sites for hydroxylation is 1. The van der Waals surface area contributed by atoms with Crippen LogP contribution in [0, 0.1) is 0 Å². The first-order valence-corrected chi connectivity index (χ1v) is 7.66. The Bertz CT molecular complexity index is 523. The third-order valence-corrected chi connectivity index (χ3v) is 5.43. The number of rotatable bonds is 3. The summed E-state index contributed by atoms with van der Waals surface area (Å²) in [5, 5.41) is -0.423. The fourth-order valence-corrected chi connectivity index (χ4v) is 3.61. The summed E-state index contributed by atoms with van der Waals surface area (Å²) in [5.74, 6) is 0.636. The average molecular weight is 269 g/mol. The predicted octanol–water partition coefficient (Wildman–Crippen LogP) is 2.19. The Morgan fingerprint density at radius 3 is 2.67 bits per heavy atom. The van der Waals surface area contributed by atoms with Crippen LogP contribution < -0.4 is 9.04 Å². The molecule has 0 amide bonds. The molecule has 0 unspecified atom stereocenters. The highest BCUT2D eigenvalue weighted by Gasteiger charge is 2.32. The molecule has 0 spiro atoms. The van der Waals surface area contributed by atoms with E-state index < -0.39 is 15.3 Å². The van der Waals surface area contributed by atoms with Gasteiger partial charge in [-0.05, 0) is 38.3 Å². The Morgan fingerprint density at radius 2 is 2.06 bits per heavy atom. The standard InChI is InChI=1S/C13H19NO3S/c1-10(2)18(15,16)14-9-5-7-11-6-4-8-12(17-3)13(11)14/h4,6,8,10H,5,7,9H2,1-3H3. The summed E-state index contributed by atoms with van der Waals surface area (Å²) in [5.41, 5.74) is 1.77. The van der Waals surface area contributed by atoms with E-state index in [1.807, 2.05) is 18.2 Å². The molecule has 1 aliphatic heterocycles. The Morgan fingerprint density at radius 1 is 1.33 bits per heavy atom. The van der Waals surface area contributed by atoms with Crippen LogP contribution in [0.15, 0.2) is 18.2 Å². The lowest BCUT2D eigenvalue weighted by atomic mass is 10.0. The average Bonchev–Trinajstić information content (AvgIpc) is 2.37. The molecule has 0 saturated heterocycles. The molecule has 100 valence electrons. The molecule has 0 fully saturated rings. The van der Waals surface area contributed by atoms with E-state index in [0.29, 0.717) is 12.3 Å². The number of hydrogen-bond donors (Lipinski definition) is 0. The van der Waals surface area contributed by atoms with Crippen LogP contribution >= 0.6 is 0 Å². The van der Waals surface area contributed by atoms with Gasteiger partial charge in [-0.3, -0.25) is 4.31 Å². The van der Waals surface area contributed by atoms with E-state index in [-0.39, 0.29) is 0 Å². The number of ether oxygens (including phenoxy) is 1. The van der Waals surface area contributed by atoms with Crippen molar-refractivity contribution in [1.29, 1.82) is 0 Å². The summed E-state index contributed by atoms with van der Waals surface area (Å²) in [6, 6.07) is 5.69. The second-order valence-corrected chi connectivity index (χ2v) is 7.15. The van der Waals surface area contributed by atoms with E-state index in [1.165, 1.54) is 4.31 Å². The van der Waals surface area contributed by atoms with E-state index in [9.17, 15) is 8.42 Å². The molecular formula is C13H19NO3S. The predicted molar refractivity (Wildman–Crippen MR) is 72.7 cm³/mol. The van der Waals surface area contributed by atoms with Crippen LogP contribution in [0.1, 0.15) is 25.8 Å². The van der Waals surface area contributed by atoms with Crippen molar-refractivity contribution >= 4 is 15.7 Å². The van der Waals surface area contributed by atoms with E-state index in [4.69, 9.17) is 4.74 Å². The number of benzene rings is 1. The van der Waals surface area contributed by atoms with Gasteiger partial charge in [-0.1, -0.05) is 12.1 Å². The first kappa shape index (κ1) is 13.2. The maximum atomic E-state index is 12.4. The van der Waals surface area contributed by atoms with Gasteiger partial charge in [0.1, 0.15) is 5.75 Å². The van der Waals surface area contributed by atoms with Crippen molar-refractivity contribution in [2.24, 2.45) is 0 Å². The van der Waals surface area contributed by atoms with E-state index in [1.54, 1.807) is 21.0 Å². The summed E-state index contributed by atoms with van der Waals surface area (Å²) in [7, 11) is -1.72. The molecule has 5 heteroatoms. The molecule has 0 N–H and O–H groups in total. The molecule has 1 aromatic carbocycles. The van der Waals surface area contributed by atoms with Gasteiger partial charge >= 0.3 is 0 Å². The van der Waals surface area contributed by atoms with Crippen LogP contribution in [-0.2, 0) is 16.4 Å². The lowest BCUT2D eigenvalue weighted by Gasteiger charge is -2.33. The molecule has 0 bridgehead atoms. The fourth-order valence-electron chi connectivity index (χ4n) is 2.25. The zero-order chi connectivity index (χ0) is 13.3. The third kappa shape index (κ3) is 2.07. The molecule has 1 aromatic rings. The molecule has 2 rings (SSSR count). The first-order chi connectivity index (χ1) is 8.48. The monoisotopic (exact) mass is 269 g/mol. The van der Waals surface area contributed by atoms with Gasteiger partial charge in [0.05, 0.1) is 18.0 Å². The number of anilines is 1. The number of nitrogens with zero attached hydrogens (tertiary/aromatic N) is 1. The highest BCUT2D eigenvalue weighted by Crippen LogP contribution is 2.38. The summed E-state index contributed by atoms with van der Waals surface area (Å²) < 4.78 is 31.6. The minimum atomic E-state index is -3.29. The van der Waals surface area contributed by atoms with Crippen LogP contribution in [-0.4, -0.2) is 27.3 Å². The molecule has 4 nitrogen and oxygen atoms in total. The maximum Gasteiger partial charge on any atom is 0.237 e. The first-order valence-electron chi connectivity index (χ1n) is 6.16. The smallest absolute Gasteiger partial charge is 0.237 e. The largest absolute Gasteiger partial charge is 0.495 e. The topological polar surface area (TPSA) is 46.6 Å². The highest BCUT2D eigenvalue weighted by molar-refractivity contribution is 7.93. The normalized spacial score (nSPS) is 15.7. The Labute approximate surface area is 109 Å². The molecule has 0 radical (unpaired) electrons. The quantitative estimate of drug-likeness (QED) is 0.845. The van der Waals surface area contributed by atoms with Crippen molar-refractivity contribution in [3.63, 3.8) is 0 Å². The molecule has 18 heavy (non-hydrogen) atoms. The minimum absolute atomic E-state index is 0.423. The van der Waals surface area contributed by atoms with Crippen molar-refractivity contribution < 1.29 is 13.2 Å². The van der Waals surface area contributed by atoms with Crippen molar-refractivity contribution in [2.75, 3.05) is 18.0 Å². The third-order valence-electron chi connectivity index (χ3n) is 3.26. The van der Waals surface area contributed by atoms with Gasteiger partial charge in [-0.25, -0.2) is 8.42 Å². The molecule has 1 heterocycles. The number of fused-ring (bicyclic) bond motifs is 1. The number of para-hydroxylation sites is 1. The van der Waals surface area contributed by atoms with Crippen molar-refractivity contribution in [3.05, 3.63) is 23.8 Å². The number of methoxy groups -OCH3 is 1. The van der Waals surface area contributed by atoms with Crippen LogP contribution in [0.5, 0.6) is 5.75 Å². The van der Waals surface area contributed by atoms with Crippen LogP contribution in [0.4, 0.5) is 5.69 Å². The van der Waals surface area contributed by atoms with Gasteiger partial charge in [-0.15, -0.1) is 0 Å². The maximum absolute atomic E-state index is 12.4. The molecule has 0 aliphatic carbocycles. The van der Waals surface area contributed by atoms with Crippen molar-refractivity contribution in [1.82, 2.24) is 0 Å². The zero-order valence-corrected chi connectivity index (χ0v) is 11.8. The minimum Gasteiger partial charge on any atom is -0.495 e. The molecule has 1 aliphatic rings. The molecule has 0 atom stereocenters. The second-order valence-electron chi connectivity index (χ2n) is 4.74. The second kappa shape index (κ2) is 4.80. The number of hydrogen-bond acceptors (Lipinski definition) is 3. The van der Waals surface area contributed by atoms with Gasteiger partial charge in [0, 0.05) is 6.54 Å². The van der Waals surface area contributed by atoms with Gasteiger partial charge < -0.3 is 4.74 Å². The Hall–Kier alpha value is -1.23. The van der Waals surface area contributed by atoms with Crippen molar-refractivity contribution in [2.45, 2.75) is 31.9 Å². The number of sulfonamides is 1. The summed E-state index contributed by atoms with van der Waals surface area (Å²) in [4.78, 5) is 0. The summed E-state index contributed by atoms with van der Waals surface area (Å²) in [6.45, 7) is 3.95.